The number of aryl methyl sites for hydroxylation is 1. The van der Waals surface area contributed by atoms with Gasteiger partial charge in [-0.3, -0.25) is 4.79 Å². The summed E-state index contributed by atoms with van der Waals surface area (Å²) in [5.74, 6) is 0.730. The Hall–Kier alpha value is -1.13. The van der Waals surface area contributed by atoms with Crippen molar-refractivity contribution in [2.75, 3.05) is 5.88 Å². The summed E-state index contributed by atoms with van der Waals surface area (Å²) in [7, 11) is 0. The molecule has 2 heterocycles. The number of rotatable bonds is 3. The topological polar surface area (TPSA) is 34.9 Å². The van der Waals surface area contributed by atoms with E-state index >= 15 is 0 Å². The summed E-state index contributed by atoms with van der Waals surface area (Å²) in [6, 6.07) is 5.67. The molecule has 5 heteroatoms. The zero-order valence-electron chi connectivity index (χ0n) is 10.1. The van der Waals surface area contributed by atoms with Crippen molar-refractivity contribution in [2.24, 2.45) is 0 Å². The lowest BCUT2D eigenvalue weighted by molar-refractivity contribution is 0.102. The van der Waals surface area contributed by atoms with Gasteiger partial charge in [0.1, 0.15) is 5.82 Å². The van der Waals surface area contributed by atoms with Gasteiger partial charge in [-0.2, -0.15) is 0 Å². The van der Waals surface area contributed by atoms with Crippen molar-refractivity contribution in [2.45, 2.75) is 13.8 Å². The second kappa shape index (κ2) is 5.24. The van der Waals surface area contributed by atoms with E-state index < -0.39 is 0 Å². The molecule has 0 saturated heterocycles. The Morgan fingerprint density at radius 2 is 2.17 bits per heavy atom. The quantitative estimate of drug-likeness (QED) is 0.637. The molecule has 0 amide bonds. The summed E-state index contributed by atoms with van der Waals surface area (Å²) in [6.07, 6.45) is 1.73. The lowest BCUT2D eigenvalue weighted by atomic mass is 10.2. The first-order chi connectivity index (χ1) is 8.54. The van der Waals surface area contributed by atoms with Crippen molar-refractivity contribution in [1.82, 2.24) is 9.55 Å². The molecule has 2 rings (SSSR count). The molecular weight excluding hydrogens is 316 g/mol. The van der Waals surface area contributed by atoms with E-state index in [-0.39, 0.29) is 11.7 Å². The lowest BCUT2D eigenvalue weighted by Gasteiger charge is -2.08. The molecule has 0 unspecified atom stereocenters. The number of halogens is 2. The largest absolute Gasteiger partial charge is 0.302 e. The molecule has 0 aliphatic heterocycles. The normalized spacial score (nSPS) is 10.7. The molecule has 18 heavy (non-hydrogen) atoms. The van der Waals surface area contributed by atoms with Gasteiger partial charge in [0.25, 0.3) is 0 Å². The molecule has 3 nitrogen and oxygen atoms in total. The number of hydrogen-bond donors (Lipinski definition) is 0. The van der Waals surface area contributed by atoms with Gasteiger partial charge in [-0.05, 0) is 48.0 Å². The third-order valence-corrected chi connectivity index (χ3v) is 3.51. The molecular formula is C13H12BrClN2O. The predicted molar refractivity (Wildman–Crippen MR) is 75.8 cm³/mol. The van der Waals surface area contributed by atoms with Crippen molar-refractivity contribution >= 4 is 33.3 Å². The molecule has 0 N–H and O–H groups in total. The van der Waals surface area contributed by atoms with Crippen LogP contribution in [0.1, 0.15) is 21.7 Å². The van der Waals surface area contributed by atoms with Crippen molar-refractivity contribution in [3.8, 4) is 5.82 Å². The smallest absolute Gasteiger partial charge is 0.179 e. The van der Waals surface area contributed by atoms with Crippen LogP contribution in [0.3, 0.4) is 0 Å². The van der Waals surface area contributed by atoms with Crippen molar-refractivity contribution in [3.63, 3.8) is 0 Å². The van der Waals surface area contributed by atoms with E-state index in [0.29, 0.717) is 5.56 Å². The van der Waals surface area contributed by atoms with Gasteiger partial charge in [-0.15, -0.1) is 11.6 Å². The Kier molecular flexibility index (Phi) is 3.88. The Morgan fingerprint density at radius 3 is 2.72 bits per heavy atom. The monoisotopic (exact) mass is 326 g/mol. The van der Waals surface area contributed by atoms with Crippen LogP contribution < -0.4 is 0 Å². The summed E-state index contributed by atoms with van der Waals surface area (Å²) in [5, 5.41) is 0. The van der Waals surface area contributed by atoms with Crippen LogP contribution in [0, 0.1) is 13.8 Å². The van der Waals surface area contributed by atoms with E-state index in [9.17, 15) is 4.79 Å². The van der Waals surface area contributed by atoms with E-state index in [2.05, 4.69) is 20.9 Å². The van der Waals surface area contributed by atoms with Gasteiger partial charge in [0, 0.05) is 27.6 Å². The van der Waals surface area contributed by atoms with Crippen LogP contribution in [-0.2, 0) is 0 Å². The third-order valence-electron chi connectivity index (χ3n) is 2.79. The van der Waals surface area contributed by atoms with E-state index in [0.717, 1.165) is 21.7 Å². The van der Waals surface area contributed by atoms with Gasteiger partial charge in [0.05, 0.1) is 5.88 Å². The minimum absolute atomic E-state index is 0.00192. The number of alkyl halides is 1. The number of hydrogen-bond acceptors (Lipinski definition) is 2. The van der Waals surface area contributed by atoms with Gasteiger partial charge in [0.2, 0.25) is 0 Å². The number of ketones is 1. The minimum Gasteiger partial charge on any atom is -0.302 e. The third kappa shape index (κ3) is 2.35. The fraction of sp³-hybridized carbons (Fsp3) is 0.231. The highest BCUT2D eigenvalue weighted by Crippen LogP contribution is 2.21. The first-order valence-electron chi connectivity index (χ1n) is 5.44. The second-order valence-electron chi connectivity index (χ2n) is 4.01. The van der Waals surface area contributed by atoms with Crippen LogP contribution in [-0.4, -0.2) is 21.2 Å². The molecule has 0 aromatic carbocycles. The molecule has 0 saturated carbocycles. The SMILES string of the molecule is Cc1cc(C(=O)CCl)c(C)n1-c1ccc(Br)cn1. The van der Waals surface area contributed by atoms with Gasteiger partial charge >= 0.3 is 0 Å². The van der Waals surface area contributed by atoms with Crippen LogP contribution in [0.5, 0.6) is 0 Å². The van der Waals surface area contributed by atoms with Crippen LogP contribution in [0.25, 0.3) is 5.82 Å². The van der Waals surface area contributed by atoms with Crippen LogP contribution in [0.15, 0.2) is 28.9 Å². The van der Waals surface area contributed by atoms with Crippen molar-refractivity contribution in [3.05, 3.63) is 45.8 Å². The summed E-state index contributed by atoms with van der Waals surface area (Å²) in [6.45, 7) is 3.85. The number of pyridine rings is 1. The van der Waals surface area contributed by atoms with Crippen LogP contribution in [0.2, 0.25) is 0 Å². The summed E-state index contributed by atoms with van der Waals surface area (Å²) in [4.78, 5) is 16.1. The molecule has 0 aliphatic carbocycles. The molecule has 2 aromatic rings. The number of nitrogens with zero attached hydrogens (tertiary/aromatic N) is 2. The first kappa shape index (κ1) is 13.3. The Morgan fingerprint density at radius 1 is 1.44 bits per heavy atom. The maximum atomic E-state index is 11.7. The average molecular weight is 328 g/mol. The number of aromatic nitrogens is 2. The summed E-state index contributed by atoms with van der Waals surface area (Å²) < 4.78 is 2.87. The zero-order valence-corrected chi connectivity index (χ0v) is 12.4. The van der Waals surface area contributed by atoms with E-state index in [4.69, 9.17) is 11.6 Å². The lowest BCUT2D eigenvalue weighted by Crippen LogP contribution is -2.05. The summed E-state index contributed by atoms with van der Waals surface area (Å²) >= 11 is 8.96. The number of Topliss-reactive ketones (excluding diaryl/α,β-unsaturated/α-hetero) is 1. The van der Waals surface area contributed by atoms with Gasteiger partial charge < -0.3 is 4.57 Å². The Balaban J connectivity index is 2.55. The maximum absolute atomic E-state index is 11.7. The molecule has 0 aliphatic rings. The molecule has 0 radical (unpaired) electrons. The van der Waals surface area contributed by atoms with E-state index in [1.807, 2.05) is 36.6 Å². The van der Waals surface area contributed by atoms with Gasteiger partial charge in [0.15, 0.2) is 5.78 Å². The average Bonchev–Trinajstić information content (AvgIpc) is 2.65. The van der Waals surface area contributed by atoms with E-state index in [1.165, 1.54) is 0 Å². The van der Waals surface area contributed by atoms with Crippen molar-refractivity contribution < 1.29 is 4.79 Å². The fourth-order valence-corrected chi connectivity index (χ4v) is 2.35. The Bertz CT molecular complexity index is 590. The number of carbonyl (C=O) groups excluding carboxylic acids is 1. The molecule has 0 atom stereocenters. The molecule has 2 aromatic heterocycles. The maximum Gasteiger partial charge on any atom is 0.179 e. The van der Waals surface area contributed by atoms with Crippen LogP contribution in [0.4, 0.5) is 0 Å². The van der Waals surface area contributed by atoms with Gasteiger partial charge in [-0.1, -0.05) is 0 Å². The predicted octanol–water partition coefficient (Wildman–Crippen LogP) is 3.67. The minimum atomic E-state index is -0.0619. The second-order valence-corrected chi connectivity index (χ2v) is 5.19. The summed E-state index contributed by atoms with van der Waals surface area (Å²) in [5.41, 5.74) is 2.50. The highest BCUT2D eigenvalue weighted by molar-refractivity contribution is 9.10. The Labute approximate surface area is 119 Å². The molecule has 0 bridgehead atoms. The zero-order chi connectivity index (χ0) is 13.3. The number of carbonyl (C=O) groups is 1. The first-order valence-corrected chi connectivity index (χ1v) is 6.77. The highest BCUT2D eigenvalue weighted by atomic mass is 79.9. The van der Waals surface area contributed by atoms with E-state index in [1.54, 1.807) is 6.20 Å². The standard InChI is InChI=1S/C13H12BrClN2O/c1-8-5-11(12(18)6-15)9(2)17(8)13-4-3-10(14)7-16-13/h3-5,7H,6H2,1-2H3. The fourth-order valence-electron chi connectivity index (χ4n) is 1.97. The highest BCUT2D eigenvalue weighted by Gasteiger charge is 2.16. The van der Waals surface area contributed by atoms with Crippen LogP contribution >= 0.6 is 27.5 Å². The molecule has 0 spiro atoms. The molecule has 0 fully saturated rings. The molecule has 94 valence electrons. The van der Waals surface area contributed by atoms with Crippen molar-refractivity contribution in [1.29, 1.82) is 0 Å². The van der Waals surface area contributed by atoms with Gasteiger partial charge in [-0.25, -0.2) is 4.98 Å².